The fraction of sp³-hybridized carbons (Fsp3) is 0.625. The maximum absolute atomic E-state index is 11.3. The summed E-state index contributed by atoms with van der Waals surface area (Å²) in [5.74, 6) is -1.49. The Labute approximate surface area is 97.1 Å². The predicted molar refractivity (Wildman–Crippen MR) is 60.1 cm³/mol. The van der Waals surface area contributed by atoms with E-state index in [1.807, 2.05) is 0 Å². The van der Waals surface area contributed by atoms with Gasteiger partial charge in [-0.25, -0.2) is 4.79 Å². The highest BCUT2D eigenvalue weighted by Crippen LogP contribution is 2.11. The van der Waals surface area contributed by atoms with Crippen LogP contribution in [0.15, 0.2) is 0 Å². The molecule has 1 unspecified atom stereocenters. The van der Waals surface area contributed by atoms with Crippen molar-refractivity contribution in [1.29, 1.82) is 0 Å². The molecular weight excluding hydrogens is 234 g/mol. The molecule has 7 nitrogen and oxygen atoms in total. The normalized spacial score (nSPS) is 13.7. The van der Waals surface area contributed by atoms with E-state index in [1.54, 1.807) is 6.92 Å². The van der Waals surface area contributed by atoms with Gasteiger partial charge in [-0.2, -0.15) is 0 Å². The Balaban J connectivity index is 3.97. The first-order chi connectivity index (χ1) is 7.38. The topological polar surface area (TPSA) is 122 Å². The van der Waals surface area contributed by atoms with Crippen molar-refractivity contribution in [3.8, 4) is 0 Å². The number of thioether (sulfide) groups is 1. The number of nitrogens with two attached hydrogens (primary N) is 1. The molecule has 0 spiro atoms. The molecule has 0 aliphatic carbocycles. The second kappa shape index (κ2) is 7.07. The third-order valence-electron chi connectivity index (χ3n) is 1.68. The molecule has 0 fully saturated rings. The van der Waals surface area contributed by atoms with Gasteiger partial charge in [-0.05, 0) is 6.92 Å². The van der Waals surface area contributed by atoms with Gasteiger partial charge in [-0.3, -0.25) is 14.9 Å². The minimum Gasteiger partial charge on any atom is -0.480 e. The van der Waals surface area contributed by atoms with Crippen LogP contribution in [0.5, 0.6) is 0 Å². The van der Waals surface area contributed by atoms with E-state index in [4.69, 9.17) is 10.8 Å². The molecule has 0 aliphatic heterocycles. The first-order valence-corrected chi connectivity index (χ1v) is 5.56. The number of hydrogen-bond donors (Lipinski definition) is 4. The van der Waals surface area contributed by atoms with Gasteiger partial charge in [-0.15, -0.1) is 11.8 Å². The minimum atomic E-state index is -1.12. The quantitative estimate of drug-likeness (QED) is 0.494. The molecule has 0 heterocycles. The van der Waals surface area contributed by atoms with Crippen LogP contribution in [0.4, 0.5) is 4.79 Å². The van der Waals surface area contributed by atoms with Gasteiger partial charge in [0.15, 0.2) is 0 Å². The maximum atomic E-state index is 11.3. The molecule has 0 aromatic carbocycles. The van der Waals surface area contributed by atoms with Crippen molar-refractivity contribution in [3.63, 3.8) is 0 Å². The summed E-state index contributed by atoms with van der Waals surface area (Å²) in [4.78, 5) is 32.5. The van der Waals surface area contributed by atoms with Gasteiger partial charge in [-0.1, -0.05) is 0 Å². The van der Waals surface area contributed by atoms with Gasteiger partial charge in [0.2, 0.25) is 5.91 Å². The smallest absolute Gasteiger partial charge is 0.321 e. The first-order valence-electron chi connectivity index (χ1n) is 4.51. The Bertz CT molecular complexity index is 284. The summed E-state index contributed by atoms with van der Waals surface area (Å²) < 4.78 is 0. The number of carboxylic acids is 1. The molecule has 0 bridgehead atoms. The van der Waals surface area contributed by atoms with E-state index in [0.717, 1.165) is 11.8 Å². The van der Waals surface area contributed by atoms with Gasteiger partial charge in [0.25, 0.3) is 0 Å². The van der Waals surface area contributed by atoms with Gasteiger partial charge in [0, 0.05) is 12.8 Å². The molecule has 92 valence electrons. The van der Waals surface area contributed by atoms with E-state index in [0.29, 0.717) is 0 Å². The Morgan fingerprint density at radius 2 is 2.00 bits per heavy atom. The summed E-state index contributed by atoms with van der Waals surface area (Å²) in [6.07, 6.45) is 0. The summed E-state index contributed by atoms with van der Waals surface area (Å²) in [5.41, 5.74) is 5.26. The van der Waals surface area contributed by atoms with Crippen LogP contribution < -0.4 is 16.4 Å². The molecule has 2 atom stereocenters. The van der Waals surface area contributed by atoms with Crippen molar-refractivity contribution in [3.05, 3.63) is 0 Å². The lowest BCUT2D eigenvalue weighted by Gasteiger charge is -2.12. The summed E-state index contributed by atoms with van der Waals surface area (Å²) in [5, 5.41) is 12.3. The maximum Gasteiger partial charge on any atom is 0.321 e. The third kappa shape index (κ3) is 5.56. The molecule has 0 saturated carbocycles. The Kier molecular flexibility index (Phi) is 6.50. The van der Waals surface area contributed by atoms with Crippen LogP contribution in [-0.2, 0) is 9.59 Å². The number of urea groups is 1. The van der Waals surface area contributed by atoms with Crippen LogP contribution in [0.1, 0.15) is 6.92 Å². The van der Waals surface area contributed by atoms with Crippen LogP contribution >= 0.6 is 11.8 Å². The van der Waals surface area contributed by atoms with Crippen LogP contribution in [0.2, 0.25) is 0 Å². The Morgan fingerprint density at radius 1 is 1.44 bits per heavy atom. The average Bonchev–Trinajstić information content (AvgIpc) is 2.24. The second-order valence-electron chi connectivity index (χ2n) is 2.99. The number of rotatable bonds is 5. The lowest BCUT2D eigenvalue weighted by Crippen LogP contribution is -2.42. The zero-order valence-electron chi connectivity index (χ0n) is 9.02. The lowest BCUT2D eigenvalue weighted by atomic mass is 10.4. The SMILES string of the molecule is CNC(=O)NC(=O)C(C)SC[C@H](N)C(=O)O. The number of carbonyl (C=O) groups excluding carboxylic acids is 2. The number of hydrogen-bond acceptors (Lipinski definition) is 5. The highest BCUT2D eigenvalue weighted by molar-refractivity contribution is 8.00. The van der Waals surface area contributed by atoms with Crippen molar-refractivity contribution < 1.29 is 19.5 Å². The molecule has 0 rings (SSSR count). The number of nitrogens with one attached hydrogen (secondary N) is 2. The predicted octanol–water partition coefficient (Wildman–Crippen LogP) is -1.02. The Hall–Kier alpha value is -1.28. The van der Waals surface area contributed by atoms with Gasteiger partial charge >= 0.3 is 12.0 Å². The summed E-state index contributed by atoms with van der Waals surface area (Å²) in [6.45, 7) is 1.57. The molecule has 5 N–H and O–H groups in total. The fourth-order valence-electron chi connectivity index (χ4n) is 0.671. The van der Waals surface area contributed by atoms with Crippen LogP contribution in [-0.4, -0.2) is 47.1 Å². The number of amides is 3. The number of imide groups is 1. The molecular formula is C8H15N3O4S. The molecule has 0 saturated heterocycles. The zero-order valence-corrected chi connectivity index (χ0v) is 9.84. The Morgan fingerprint density at radius 3 is 2.44 bits per heavy atom. The second-order valence-corrected chi connectivity index (χ2v) is 4.36. The van der Waals surface area contributed by atoms with Crippen molar-refractivity contribution in [2.75, 3.05) is 12.8 Å². The molecule has 0 radical (unpaired) electrons. The highest BCUT2D eigenvalue weighted by Gasteiger charge is 2.19. The highest BCUT2D eigenvalue weighted by atomic mass is 32.2. The summed E-state index contributed by atoms with van der Waals surface area (Å²) in [7, 11) is 1.39. The van der Waals surface area contributed by atoms with Crippen molar-refractivity contribution >= 4 is 29.7 Å². The van der Waals surface area contributed by atoms with Crippen LogP contribution in [0.3, 0.4) is 0 Å². The van der Waals surface area contributed by atoms with E-state index in [1.165, 1.54) is 7.05 Å². The number of carboxylic acid groups (broad SMARTS) is 1. The van der Waals surface area contributed by atoms with Gasteiger partial charge in [0.05, 0.1) is 5.25 Å². The van der Waals surface area contributed by atoms with Gasteiger partial charge in [0.1, 0.15) is 6.04 Å². The first kappa shape index (κ1) is 14.7. The minimum absolute atomic E-state index is 0.109. The van der Waals surface area contributed by atoms with Crippen LogP contribution in [0.25, 0.3) is 0 Å². The molecule has 8 heteroatoms. The summed E-state index contributed by atoms with van der Waals surface area (Å²) in [6, 6.07) is -1.61. The zero-order chi connectivity index (χ0) is 12.7. The van der Waals surface area contributed by atoms with Crippen molar-refractivity contribution in [2.24, 2.45) is 5.73 Å². The van der Waals surface area contributed by atoms with E-state index >= 15 is 0 Å². The van der Waals surface area contributed by atoms with E-state index in [-0.39, 0.29) is 5.75 Å². The molecule has 16 heavy (non-hydrogen) atoms. The molecule has 0 aliphatic rings. The van der Waals surface area contributed by atoms with Crippen molar-refractivity contribution in [2.45, 2.75) is 18.2 Å². The third-order valence-corrected chi connectivity index (χ3v) is 2.94. The molecule has 0 aromatic heterocycles. The summed E-state index contributed by atoms with van der Waals surface area (Å²) >= 11 is 1.08. The molecule has 3 amide bonds. The largest absolute Gasteiger partial charge is 0.480 e. The van der Waals surface area contributed by atoms with Gasteiger partial charge < -0.3 is 16.2 Å². The van der Waals surface area contributed by atoms with E-state index in [9.17, 15) is 14.4 Å². The van der Waals surface area contributed by atoms with E-state index in [2.05, 4.69) is 10.6 Å². The standard InChI is InChI=1S/C8H15N3O4S/c1-4(6(12)11-8(15)10-2)16-3-5(9)7(13)14/h4-5H,3,9H2,1-2H3,(H,13,14)(H2,10,11,12,15)/t4?,5-/m0/s1. The van der Waals surface area contributed by atoms with Crippen LogP contribution in [0, 0.1) is 0 Å². The monoisotopic (exact) mass is 249 g/mol. The van der Waals surface area contributed by atoms with E-state index < -0.39 is 29.2 Å². The number of aliphatic carboxylic acids is 1. The molecule has 0 aromatic rings. The van der Waals surface area contributed by atoms with Crippen molar-refractivity contribution in [1.82, 2.24) is 10.6 Å². The fourth-order valence-corrected chi connectivity index (χ4v) is 1.52. The average molecular weight is 249 g/mol. The number of carbonyl (C=O) groups is 3. The lowest BCUT2D eigenvalue weighted by molar-refractivity contribution is -0.138.